The van der Waals surface area contributed by atoms with Gasteiger partial charge in [0.05, 0.1) is 6.10 Å². The lowest BCUT2D eigenvalue weighted by Crippen LogP contribution is -2.37. The molecule has 1 aliphatic carbocycles. The fraction of sp³-hybridized carbons (Fsp3) is 0.667. The summed E-state index contributed by atoms with van der Waals surface area (Å²) in [4.78, 5) is 2.21. The molecule has 3 heteroatoms. The Morgan fingerprint density at radius 1 is 1.33 bits per heavy atom. The van der Waals surface area contributed by atoms with Crippen LogP contribution in [0.3, 0.4) is 0 Å². The zero-order valence-corrected chi connectivity index (χ0v) is 13.3. The Hall–Kier alpha value is -0.930. The van der Waals surface area contributed by atoms with Crippen molar-refractivity contribution in [2.45, 2.75) is 51.7 Å². The van der Waals surface area contributed by atoms with Crippen molar-refractivity contribution in [3.05, 3.63) is 35.6 Å². The average molecular weight is 293 g/mol. The second-order valence-electron chi connectivity index (χ2n) is 6.62. The van der Waals surface area contributed by atoms with Crippen LogP contribution in [-0.4, -0.2) is 29.7 Å². The second kappa shape index (κ2) is 7.90. The molecule has 21 heavy (non-hydrogen) atoms. The minimum atomic E-state index is -0.179. The first-order valence-electron chi connectivity index (χ1n) is 8.19. The molecule has 3 unspecified atom stereocenters. The van der Waals surface area contributed by atoms with Crippen LogP contribution in [0.2, 0.25) is 0 Å². The molecule has 118 valence electrons. The van der Waals surface area contributed by atoms with Gasteiger partial charge in [-0.2, -0.15) is 0 Å². The third kappa shape index (κ3) is 5.08. The van der Waals surface area contributed by atoms with Gasteiger partial charge in [-0.25, -0.2) is 4.39 Å². The normalized spacial score (nSPS) is 26.2. The first-order valence-corrected chi connectivity index (χ1v) is 8.19. The van der Waals surface area contributed by atoms with Crippen molar-refractivity contribution in [3.8, 4) is 0 Å². The van der Waals surface area contributed by atoms with E-state index < -0.39 is 0 Å². The summed E-state index contributed by atoms with van der Waals surface area (Å²) in [7, 11) is 2.06. The smallest absolute Gasteiger partial charge is 0.123 e. The molecule has 1 N–H and O–H groups in total. The molecule has 0 saturated heterocycles. The number of hydrogen-bond acceptors (Lipinski definition) is 2. The molecule has 1 aromatic carbocycles. The molecule has 0 spiro atoms. The van der Waals surface area contributed by atoms with E-state index in [1.807, 2.05) is 6.07 Å². The third-order valence-corrected chi connectivity index (χ3v) is 4.64. The van der Waals surface area contributed by atoms with Crippen molar-refractivity contribution in [1.29, 1.82) is 0 Å². The van der Waals surface area contributed by atoms with Crippen molar-refractivity contribution >= 4 is 0 Å². The average Bonchev–Trinajstić information content (AvgIpc) is 2.43. The van der Waals surface area contributed by atoms with E-state index >= 15 is 0 Å². The van der Waals surface area contributed by atoms with E-state index in [0.29, 0.717) is 5.92 Å². The quantitative estimate of drug-likeness (QED) is 0.861. The van der Waals surface area contributed by atoms with Crippen LogP contribution in [-0.2, 0) is 6.54 Å². The fourth-order valence-corrected chi connectivity index (χ4v) is 3.62. The monoisotopic (exact) mass is 293 g/mol. The van der Waals surface area contributed by atoms with Gasteiger partial charge >= 0.3 is 0 Å². The molecule has 3 atom stereocenters. The molecule has 0 amide bonds. The Morgan fingerprint density at radius 2 is 2.14 bits per heavy atom. The summed E-state index contributed by atoms with van der Waals surface area (Å²) in [5.74, 6) is 0.946. The van der Waals surface area contributed by atoms with E-state index in [0.717, 1.165) is 37.4 Å². The van der Waals surface area contributed by atoms with Crippen molar-refractivity contribution < 1.29 is 9.50 Å². The fourth-order valence-electron chi connectivity index (χ4n) is 3.62. The van der Waals surface area contributed by atoms with E-state index in [9.17, 15) is 9.50 Å². The van der Waals surface area contributed by atoms with Crippen LogP contribution in [0.4, 0.5) is 4.39 Å². The number of aliphatic hydroxyl groups excluding tert-OH is 1. The Labute approximate surface area is 128 Å². The zero-order valence-electron chi connectivity index (χ0n) is 13.3. The highest BCUT2D eigenvalue weighted by atomic mass is 19.1. The topological polar surface area (TPSA) is 23.5 Å². The summed E-state index contributed by atoms with van der Waals surface area (Å²) in [6, 6.07) is 6.78. The Morgan fingerprint density at radius 3 is 2.86 bits per heavy atom. The summed E-state index contributed by atoms with van der Waals surface area (Å²) in [6.07, 6.45) is 5.56. The van der Waals surface area contributed by atoms with Gasteiger partial charge in [0, 0.05) is 13.1 Å². The minimum absolute atomic E-state index is 0.173. The van der Waals surface area contributed by atoms with Gasteiger partial charge in [-0.05, 0) is 55.8 Å². The Kier molecular flexibility index (Phi) is 6.19. The first kappa shape index (κ1) is 16.4. The molecule has 2 rings (SSSR count). The SMILES string of the molecule is CCCC1CCC(O)C(CN(C)Cc2cccc(F)c2)C1. The molecule has 2 nitrogen and oxygen atoms in total. The largest absolute Gasteiger partial charge is 0.393 e. The third-order valence-electron chi connectivity index (χ3n) is 4.64. The molecular weight excluding hydrogens is 265 g/mol. The lowest BCUT2D eigenvalue weighted by Gasteiger charge is -2.35. The minimum Gasteiger partial charge on any atom is -0.393 e. The van der Waals surface area contributed by atoms with Crippen molar-refractivity contribution in [2.24, 2.45) is 11.8 Å². The molecule has 0 radical (unpaired) electrons. The van der Waals surface area contributed by atoms with Gasteiger partial charge in [-0.15, -0.1) is 0 Å². The second-order valence-corrected chi connectivity index (χ2v) is 6.62. The number of halogens is 1. The molecule has 0 heterocycles. The summed E-state index contributed by atoms with van der Waals surface area (Å²) in [6.45, 7) is 3.85. The van der Waals surface area contributed by atoms with Crippen molar-refractivity contribution in [1.82, 2.24) is 4.90 Å². The van der Waals surface area contributed by atoms with Gasteiger partial charge in [0.2, 0.25) is 0 Å². The summed E-state index contributed by atoms with van der Waals surface area (Å²) < 4.78 is 13.2. The first-order chi connectivity index (χ1) is 10.1. The molecule has 1 fully saturated rings. The van der Waals surface area contributed by atoms with Crippen LogP contribution in [0.5, 0.6) is 0 Å². The van der Waals surface area contributed by atoms with E-state index in [1.54, 1.807) is 12.1 Å². The summed E-state index contributed by atoms with van der Waals surface area (Å²) in [5, 5.41) is 10.2. The van der Waals surface area contributed by atoms with Gasteiger partial charge < -0.3 is 10.0 Å². The van der Waals surface area contributed by atoms with Crippen LogP contribution in [0, 0.1) is 17.7 Å². The molecule has 1 aliphatic rings. The van der Waals surface area contributed by atoms with Crippen LogP contribution >= 0.6 is 0 Å². The maximum absolute atomic E-state index is 13.2. The van der Waals surface area contributed by atoms with Gasteiger partial charge in [-0.1, -0.05) is 31.9 Å². The van der Waals surface area contributed by atoms with Gasteiger partial charge in [0.25, 0.3) is 0 Å². The molecule has 0 bridgehead atoms. The lowest BCUT2D eigenvalue weighted by atomic mass is 9.77. The summed E-state index contributed by atoms with van der Waals surface area (Å²) in [5.41, 5.74) is 0.993. The van der Waals surface area contributed by atoms with E-state index in [1.165, 1.54) is 25.3 Å². The maximum Gasteiger partial charge on any atom is 0.123 e. The predicted molar refractivity (Wildman–Crippen MR) is 84.5 cm³/mol. The van der Waals surface area contributed by atoms with Crippen LogP contribution in [0.15, 0.2) is 24.3 Å². The molecule has 1 aromatic rings. The zero-order chi connectivity index (χ0) is 15.2. The van der Waals surface area contributed by atoms with Gasteiger partial charge in [-0.3, -0.25) is 0 Å². The van der Waals surface area contributed by atoms with Crippen LogP contribution in [0.25, 0.3) is 0 Å². The molecular formula is C18H28FNO. The highest BCUT2D eigenvalue weighted by Crippen LogP contribution is 2.32. The van der Waals surface area contributed by atoms with E-state index in [2.05, 4.69) is 18.9 Å². The number of aliphatic hydroxyl groups is 1. The van der Waals surface area contributed by atoms with Crippen LogP contribution in [0.1, 0.15) is 44.6 Å². The molecule has 1 saturated carbocycles. The number of benzene rings is 1. The number of hydrogen-bond donors (Lipinski definition) is 1. The predicted octanol–water partition coefficient (Wildman–Crippen LogP) is 3.83. The maximum atomic E-state index is 13.2. The summed E-state index contributed by atoms with van der Waals surface area (Å²) >= 11 is 0. The Bertz CT molecular complexity index is 437. The highest BCUT2D eigenvalue weighted by Gasteiger charge is 2.29. The number of rotatable bonds is 6. The van der Waals surface area contributed by atoms with Crippen molar-refractivity contribution in [3.63, 3.8) is 0 Å². The van der Waals surface area contributed by atoms with E-state index in [-0.39, 0.29) is 11.9 Å². The van der Waals surface area contributed by atoms with Gasteiger partial charge in [0.15, 0.2) is 0 Å². The standard InChI is InChI=1S/C18H28FNO/c1-3-5-14-8-9-18(21)16(10-14)13-20(2)12-15-6-4-7-17(19)11-15/h4,6-7,11,14,16,18,21H,3,5,8-10,12-13H2,1-2H3. The van der Waals surface area contributed by atoms with Crippen molar-refractivity contribution in [2.75, 3.05) is 13.6 Å². The highest BCUT2D eigenvalue weighted by molar-refractivity contribution is 5.16. The lowest BCUT2D eigenvalue weighted by molar-refractivity contribution is 0.0288. The Balaban J connectivity index is 1.87. The molecule has 0 aliphatic heterocycles. The van der Waals surface area contributed by atoms with Crippen LogP contribution < -0.4 is 0 Å². The molecule has 0 aromatic heterocycles. The number of nitrogens with zero attached hydrogens (tertiary/aromatic N) is 1. The van der Waals surface area contributed by atoms with E-state index in [4.69, 9.17) is 0 Å². The van der Waals surface area contributed by atoms with Gasteiger partial charge in [0.1, 0.15) is 5.82 Å².